The minimum Gasteiger partial charge on any atom is -0.481 e. The fourth-order valence-electron chi connectivity index (χ4n) is 4.34. The average molecular weight is 490 g/mol. The van der Waals surface area contributed by atoms with Crippen molar-refractivity contribution in [1.82, 2.24) is 13.7 Å². The SMILES string of the molecule is Cn1c(=O)cc(Nc2ccc(CCC(=O)O)cc2F)c2c(=O)n(C3CC3)c(=O)n(-c3ccccc3)c21. The maximum atomic E-state index is 14.9. The minimum absolute atomic E-state index is 0.0125. The largest absolute Gasteiger partial charge is 0.481 e. The number of carboxylic acids is 1. The molecule has 5 rings (SSSR count). The lowest BCUT2D eigenvalue weighted by Gasteiger charge is -2.19. The van der Waals surface area contributed by atoms with Gasteiger partial charge in [0, 0.05) is 25.6 Å². The van der Waals surface area contributed by atoms with Crippen molar-refractivity contribution >= 4 is 28.4 Å². The number of pyridine rings is 1. The molecule has 0 amide bonds. The highest BCUT2D eigenvalue weighted by Crippen LogP contribution is 2.33. The zero-order valence-corrected chi connectivity index (χ0v) is 19.4. The van der Waals surface area contributed by atoms with Crippen molar-refractivity contribution in [3.05, 3.63) is 97.2 Å². The standard InChI is InChI=1S/C26H23FN4O5/c1-29-21(32)14-20(28-19-11-7-15(13-18(19)27)8-12-22(33)34)23-24(29)30(16-5-3-2-4-6-16)26(36)31(25(23)35)17-9-10-17/h2-7,11,13-14,17,28H,8-10,12H2,1H3,(H,33,34). The number of rotatable bonds is 7. The van der Waals surface area contributed by atoms with E-state index >= 15 is 0 Å². The molecule has 0 aliphatic heterocycles. The van der Waals surface area contributed by atoms with E-state index in [4.69, 9.17) is 5.11 Å². The van der Waals surface area contributed by atoms with Gasteiger partial charge in [-0.25, -0.2) is 13.8 Å². The Kier molecular flexibility index (Phi) is 5.79. The molecule has 1 fully saturated rings. The number of aromatic nitrogens is 3. The van der Waals surface area contributed by atoms with Crippen LogP contribution in [0.2, 0.25) is 0 Å². The molecule has 2 aromatic heterocycles. The molecule has 0 radical (unpaired) electrons. The topological polar surface area (TPSA) is 115 Å². The van der Waals surface area contributed by atoms with Gasteiger partial charge >= 0.3 is 11.7 Å². The van der Waals surface area contributed by atoms with E-state index in [1.807, 2.05) is 0 Å². The molecular weight excluding hydrogens is 467 g/mol. The second kappa shape index (κ2) is 8.95. The van der Waals surface area contributed by atoms with Crippen molar-refractivity contribution in [2.45, 2.75) is 31.7 Å². The number of aryl methyl sites for hydroxylation is 2. The monoisotopic (exact) mass is 490 g/mol. The van der Waals surface area contributed by atoms with E-state index < -0.39 is 28.6 Å². The smallest absolute Gasteiger partial charge is 0.337 e. The van der Waals surface area contributed by atoms with Gasteiger partial charge in [-0.15, -0.1) is 0 Å². The number of anilines is 2. The van der Waals surface area contributed by atoms with E-state index in [1.54, 1.807) is 36.4 Å². The van der Waals surface area contributed by atoms with Crippen LogP contribution in [0.4, 0.5) is 15.8 Å². The molecule has 1 aliphatic rings. The van der Waals surface area contributed by atoms with E-state index in [0.717, 1.165) is 0 Å². The third-order valence-corrected chi connectivity index (χ3v) is 6.31. The summed E-state index contributed by atoms with van der Waals surface area (Å²) in [6.07, 6.45) is 1.41. The molecule has 2 N–H and O–H groups in total. The van der Waals surface area contributed by atoms with Gasteiger partial charge in [-0.1, -0.05) is 24.3 Å². The van der Waals surface area contributed by atoms with Gasteiger partial charge in [0.1, 0.15) is 16.9 Å². The number of benzene rings is 2. The van der Waals surface area contributed by atoms with Crippen molar-refractivity contribution < 1.29 is 14.3 Å². The molecule has 2 aromatic carbocycles. The van der Waals surface area contributed by atoms with Gasteiger partial charge in [0.15, 0.2) is 0 Å². The number of hydrogen-bond donors (Lipinski definition) is 2. The van der Waals surface area contributed by atoms with Crippen LogP contribution < -0.4 is 22.1 Å². The van der Waals surface area contributed by atoms with E-state index in [0.29, 0.717) is 24.1 Å². The molecule has 2 heterocycles. The molecule has 0 atom stereocenters. The number of fused-ring (bicyclic) bond motifs is 1. The van der Waals surface area contributed by atoms with E-state index in [1.165, 1.54) is 38.9 Å². The zero-order chi connectivity index (χ0) is 25.6. The maximum Gasteiger partial charge on any atom is 0.337 e. The van der Waals surface area contributed by atoms with Crippen molar-refractivity contribution in [1.29, 1.82) is 0 Å². The van der Waals surface area contributed by atoms with Crippen molar-refractivity contribution in [3.8, 4) is 5.69 Å². The average Bonchev–Trinajstić information content (AvgIpc) is 3.68. The first-order chi connectivity index (χ1) is 17.3. The second-order valence-corrected chi connectivity index (χ2v) is 8.85. The highest BCUT2D eigenvalue weighted by molar-refractivity contribution is 5.91. The first-order valence-corrected chi connectivity index (χ1v) is 11.5. The first kappa shape index (κ1) is 23.3. The summed E-state index contributed by atoms with van der Waals surface area (Å²) in [5.74, 6) is -1.65. The van der Waals surface area contributed by atoms with Crippen LogP contribution >= 0.6 is 0 Å². The van der Waals surface area contributed by atoms with Crippen LogP contribution in [0.5, 0.6) is 0 Å². The summed E-state index contributed by atoms with van der Waals surface area (Å²) in [5, 5.41) is 11.8. The van der Waals surface area contributed by atoms with E-state index in [-0.39, 0.29) is 41.3 Å². The van der Waals surface area contributed by atoms with Crippen LogP contribution in [0, 0.1) is 5.82 Å². The van der Waals surface area contributed by atoms with Crippen LogP contribution in [-0.4, -0.2) is 24.8 Å². The number of aliphatic carboxylic acids is 1. The molecule has 184 valence electrons. The molecule has 36 heavy (non-hydrogen) atoms. The normalized spacial score (nSPS) is 13.2. The third-order valence-electron chi connectivity index (χ3n) is 6.31. The number of carboxylic acid groups (broad SMARTS) is 1. The predicted molar refractivity (Wildman–Crippen MR) is 133 cm³/mol. The van der Waals surface area contributed by atoms with Crippen molar-refractivity contribution in [2.75, 3.05) is 5.32 Å². The quantitative estimate of drug-likeness (QED) is 0.411. The Bertz CT molecular complexity index is 1680. The summed E-state index contributed by atoms with van der Waals surface area (Å²) in [7, 11) is 1.48. The Morgan fingerprint density at radius 1 is 1.06 bits per heavy atom. The molecule has 0 unspecified atom stereocenters. The van der Waals surface area contributed by atoms with Crippen LogP contribution in [0.25, 0.3) is 16.7 Å². The number of halogens is 1. The Morgan fingerprint density at radius 2 is 1.78 bits per heavy atom. The van der Waals surface area contributed by atoms with Crippen molar-refractivity contribution in [2.24, 2.45) is 7.05 Å². The zero-order valence-electron chi connectivity index (χ0n) is 19.4. The Hall–Kier alpha value is -4.47. The third kappa shape index (κ3) is 4.10. The fraction of sp³-hybridized carbons (Fsp3) is 0.231. The molecule has 1 saturated carbocycles. The summed E-state index contributed by atoms with van der Waals surface area (Å²) < 4.78 is 18.7. The number of para-hydroxylation sites is 1. The van der Waals surface area contributed by atoms with Crippen molar-refractivity contribution in [3.63, 3.8) is 0 Å². The molecule has 4 aromatic rings. The lowest BCUT2D eigenvalue weighted by molar-refractivity contribution is -0.136. The van der Waals surface area contributed by atoms with Gasteiger partial charge < -0.3 is 10.4 Å². The lowest BCUT2D eigenvalue weighted by atomic mass is 10.1. The van der Waals surface area contributed by atoms with Gasteiger partial charge in [-0.3, -0.25) is 23.5 Å². The summed E-state index contributed by atoms with van der Waals surface area (Å²) in [4.78, 5) is 50.9. The minimum atomic E-state index is -0.986. The number of carbonyl (C=O) groups is 1. The van der Waals surface area contributed by atoms with Crippen LogP contribution in [0.15, 0.2) is 69.0 Å². The van der Waals surface area contributed by atoms with Crippen LogP contribution in [-0.2, 0) is 18.3 Å². The number of nitrogens with one attached hydrogen (secondary N) is 1. The van der Waals surface area contributed by atoms with Crippen LogP contribution in [0.3, 0.4) is 0 Å². The summed E-state index contributed by atoms with van der Waals surface area (Å²) in [6.45, 7) is 0. The molecule has 0 saturated heterocycles. The maximum absolute atomic E-state index is 14.9. The Labute approximate surface area is 203 Å². The Morgan fingerprint density at radius 3 is 2.42 bits per heavy atom. The summed E-state index contributed by atoms with van der Waals surface area (Å²) in [5.41, 5.74) is -0.402. The first-order valence-electron chi connectivity index (χ1n) is 11.5. The van der Waals surface area contributed by atoms with Gasteiger partial charge in [-0.05, 0) is 49.1 Å². The lowest BCUT2D eigenvalue weighted by Crippen LogP contribution is -2.41. The molecule has 0 spiro atoms. The molecular formula is C26H23FN4O5. The van der Waals surface area contributed by atoms with Gasteiger partial charge in [0.05, 0.1) is 17.1 Å². The van der Waals surface area contributed by atoms with E-state index in [9.17, 15) is 23.6 Å². The van der Waals surface area contributed by atoms with Gasteiger partial charge in [0.2, 0.25) is 0 Å². The molecule has 10 heteroatoms. The highest BCUT2D eigenvalue weighted by atomic mass is 19.1. The Balaban J connectivity index is 1.74. The number of nitrogens with zero attached hydrogens (tertiary/aromatic N) is 3. The van der Waals surface area contributed by atoms with Gasteiger partial charge in [0.25, 0.3) is 11.1 Å². The highest BCUT2D eigenvalue weighted by Gasteiger charge is 2.31. The summed E-state index contributed by atoms with van der Waals surface area (Å²) in [6, 6.07) is 13.9. The molecule has 0 bridgehead atoms. The van der Waals surface area contributed by atoms with Crippen LogP contribution in [0.1, 0.15) is 30.9 Å². The fourth-order valence-corrected chi connectivity index (χ4v) is 4.34. The van der Waals surface area contributed by atoms with Gasteiger partial charge in [-0.2, -0.15) is 0 Å². The summed E-state index contributed by atoms with van der Waals surface area (Å²) >= 11 is 0. The number of hydrogen-bond acceptors (Lipinski definition) is 5. The molecule has 9 nitrogen and oxygen atoms in total. The molecule has 1 aliphatic carbocycles. The van der Waals surface area contributed by atoms with E-state index in [2.05, 4.69) is 5.32 Å². The predicted octanol–water partition coefficient (Wildman–Crippen LogP) is 3.09. The second-order valence-electron chi connectivity index (χ2n) is 8.85.